The number of amides is 2. The molecule has 2 aromatic carbocycles. The molecule has 0 aromatic heterocycles. The minimum atomic E-state index is -3.98. The monoisotopic (exact) mass is 542 g/mol. The summed E-state index contributed by atoms with van der Waals surface area (Å²) in [7, 11) is -1.08. The summed E-state index contributed by atoms with van der Waals surface area (Å²) < 4.78 is 29.1. The Morgan fingerprint density at radius 1 is 1.00 bits per heavy atom. The van der Waals surface area contributed by atoms with Gasteiger partial charge in [0.05, 0.1) is 5.69 Å². The van der Waals surface area contributed by atoms with Crippen molar-refractivity contribution in [2.75, 3.05) is 31.5 Å². The smallest absolute Gasteiger partial charge is 0.304 e. The first-order chi connectivity index (χ1) is 18.0. The molecule has 3 rings (SSSR count). The summed E-state index contributed by atoms with van der Waals surface area (Å²) in [6, 6.07) is 14.7. The first-order valence-corrected chi connectivity index (χ1v) is 14.8. The number of carbonyl (C=O) groups is 2. The number of anilines is 1. The number of nitrogens with one attached hydrogen (secondary N) is 1. The van der Waals surface area contributed by atoms with Crippen molar-refractivity contribution in [2.45, 2.75) is 71.4 Å². The molecule has 0 saturated heterocycles. The van der Waals surface area contributed by atoms with Gasteiger partial charge in [0, 0.05) is 26.7 Å². The van der Waals surface area contributed by atoms with Gasteiger partial charge in [-0.1, -0.05) is 61.7 Å². The Morgan fingerprint density at radius 3 is 2.29 bits per heavy atom. The topological polar surface area (TPSA) is 90.0 Å². The summed E-state index contributed by atoms with van der Waals surface area (Å²) in [5.41, 5.74) is 3.12. The molecular weight excluding hydrogens is 500 g/mol. The van der Waals surface area contributed by atoms with Crippen molar-refractivity contribution in [2.24, 2.45) is 0 Å². The van der Waals surface area contributed by atoms with Gasteiger partial charge in [-0.05, 0) is 62.8 Å². The van der Waals surface area contributed by atoms with Gasteiger partial charge >= 0.3 is 10.2 Å². The lowest BCUT2D eigenvalue weighted by molar-refractivity contribution is -0.139. The number of hydrogen-bond donors (Lipinski definition) is 1. The largest absolute Gasteiger partial charge is 0.352 e. The van der Waals surface area contributed by atoms with Gasteiger partial charge in [0.2, 0.25) is 11.8 Å². The minimum Gasteiger partial charge on any atom is -0.352 e. The molecule has 0 bridgehead atoms. The van der Waals surface area contributed by atoms with Crippen LogP contribution in [0.5, 0.6) is 0 Å². The average Bonchev–Trinajstić information content (AvgIpc) is 2.89. The van der Waals surface area contributed by atoms with Gasteiger partial charge in [0.15, 0.2) is 0 Å². The molecule has 2 aromatic rings. The van der Waals surface area contributed by atoms with Crippen LogP contribution >= 0.6 is 0 Å². The summed E-state index contributed by atoms with van der Waals surface area (Å²) in [5.74, 6) is -0.620. The molecule has 9 heteroatoms. The van der Waals surface area contributed by atoms with Crippen LogP contribution in [0.4, 0.5) is 5.69 Å². The normalized spacial score (nSPS) is 15.2. The summed E-state index contributed by atoms with van der Waals surface area (Å²) in [4.78, 5) is 28.7. The second-order valence-corrected chi connectivity index (χ2v) is 12.5. The predicted octanol–water partition coefficient (Wildman–Crippen LogP) is 3.82. The van der Waals surface area contributed by atoms with Crippen molar-refractivity contribution in [3.8, 4) is 0 Å². The first kappa shape index (κ1) is 29.6. The Morgan fingerprint density at radius 2 is 1.66 bits per heavy atom. The van der Waals surface area contributed by atoms with Crippen LogP contribution in [0.2, 0.25) is 0 Å². The van der Waals surface area contributed by atoms with E-state index in [1.165, 1.54) is 25.4 Å². The fraction of sp³-hybridized carbons (Fsp3) is 0.517. The minimum absolute atomic E-state index is 0.116. The van der Waals surface area contributed by atoms with Gasteiger partial charge in [-0.25, -0.2) is 4.31 Å². The zero-order valence-corrected chi connectivity index (χ0v) is 24.1. The summed E-state index contributed by atoms with van der Waals surface area (Å²) >= 11 is 0. The summed E-state index contributed by atoms with van der Waals surface area (Å²) in [5, 5.41) is 3.13. The zero-order valence-electron chi connectivity index (χ0n) is 23.3. The third-order valence-electron chi connectivity index (χ3n) is 7.26. The molecule has 1 atom stereocenters. The van der Waals surface area contributed by atoms with Crippen molar-refractivity contribution < 1.29 is 18.0 Å². The second-order valence-electron chi connectivity index (χ2n) is 10.4. The molecule has 8 nitrogen and oxygen atoms in total. The molecule has 1 aliphatic rings. The third-order valence-corrected chi connectivity index (χ3v) is 9.06. The van der Waals surface area contributed by atoms with E-state index in [-0.39, 0.29) is 11.9 Å². The van der Waals surface area contributed by atoms with Crippen LogP contribution < -0.4 is 9.62 Å². The fourth-order valence-electron chi connectivity index (χ4n) is 4.83. The lowest BCUT2D eigenvalue weighted by Crippen LogP contribution is -2.54. The SMILES string of the molecule is Cc1ccc(C)c(N(CC(=O)N(CCc2ccccc2)C(C)C(=O)NC2CCCCC2)S(=O)(=O)N(C)C)c1. The highest BCUT2D eigenvalue weighted by Crippen LogP contribution is 2.26. The number of hydrogen-bond acceptors (Lipinski definition) is 4. The number of benzene rings is 2. The highest BCUT2D eigenvalue weighted by Gasteiger charge is 2.33. The molecular formula is C29H42N4O4S. The van der Waals surface area contributed by atoms with E-state index < -0.39 is 28.7 Å². The molecule has 1 unspecified atom stereocenters. The van der Waals surface area contributed by atoms with Crippen LogP contribution in [0, 0.1) is 13.8 Å². The van der Waals surface area contributed by atoms with Crippen molar-refractivity contribution in [1.82, 2.24) is 14.5 Å². The van der Waals surface area contributed by atoms with Crippen LogP contribution in [-0.2, 0) is 26.2 Å². The van der Waals surface area contributed by atoms with E-state index in [1.807, 2.05) is 56.3 Å². The van der Waals surface area contributed by atoms with Gasteiger partial charge in [-0.2, -0.15) is 12.7 Å². The Hall–Kier alpha value is -2.91. The van der Waals surface area contributed by atoms with Crippen LogP contribution in [0.15, 0.2) is 48.5 Å². The van der Waals surface area contributed by atoms with Gasteiger partial charge in [-0.3, -0.25) is 9.59 Å². The van der Waals surface area contributed by atoms with Gasteiger partial charge in [0.25, 0.3) is 0 Å². The molecule has 0 heterocycles. The van der Waals surface area contributed by atoms with E-state index in [1.54, 1.807) is 13.0 Å². The van der Waals surface area contributed by atoms with E-state index >= 15 is 0 Å². The Balaban J connectivity index is 1.90. The first-order valence-electron chi connectivity index (χ1n) is 13.4. The van der Waals surface area contributed by atoms with Crippen LogP contribution in [0.25, 0.3) is 0 Å². The Kier molecular flexibility index (Phi) is 10.3. The zero-order chi connectivity index (χ0) is 27.9. The van der Waals surface area contributed by atoms with E-state index in [0.29, 0.717) is 18.7 Å². The molecule has 2 amide bonds. The molecule has 0 spiro atoms. The maximum absolute atomic E-state index is 13.9. The molecule has 0 radical (unpaired) electrons. The molecule has 0 aliphatic heterocycles. The van der Waals surface area contributed by atoms with Crippen molar-refractivity contribution in [1.29, 1.82) is 0 Å². The number of nitrogens with zero attached hydrogens (tertiary/aromatic N) is 3. The Bertz CT molecular complexity index is 1190. The number of carbonyl (C=O) groups excluding carboxylic acids is 2. The summed E-state index contributed by atoms with van der Waals surface area (Å²) in [6.45, 7) is 5.33. The van der Waals surface area contributed by atoms with E-state index in [9.17, 15) is 18.0 Å². The van der Waals surface area contributed by atoms with Crippen molar-refractivity contribution in [3.63, 3.8) is 0 Å². The molecule has 38 heavy (non-hydrogen) atoms. The average molecular weight is 543 g/mol. The van der Waals surface area contributed by atoms with Crippen LogP contribution in [0.3, 0.4) is 0 Å². The fourth-order valence-corrected chi connectivity index (χ4v) is 5.94. The third kappa shape index (κ3) is 7.57. The number of rotatable bonds is 11. The molecule has 1 fully saturated rings. The standard InChI is InChI=1S/C29H42N4O4S/c1-22-16-17-23(2)27(20-22)33(38(36,37)31(4)5)21-28(34)32(19-18-25-12-8-6-9-13-25)24(3)29(35)30-26-14-10-7-11-15-26/h6,8-9,12-13,16-17,20,24,26H,7,10-11,14-15,18-19,21H2,1-5H3,(H,30,35). The van der Waals surface area contributed by atoms with Crippen molar-refractivity contribution >= 4 is 27.7 Å². The molecule has 208 valence electrons. The molecule has 1 N–H and O–H groups in total. The maximum atomic E-state index is 13.9. The molecule has 1 saturated carbocycles. The van der Waals surface area contributed by atoms with Gasteiger partial charge < -0.3 is 10.2 Å². The van der Waals surface area contributed by atoms with E-state index in [2.05, 4.69) is 5.32 Å². The highest BCUT2D eigenvalue weighted by molar-refractivity contribution is 7.90. The maximum Gasteiger partial charge on any atom is 0.304 e. The number of aryl methyl sites for hydroxylation is 2. The van der Waals surface area contributed by atoms with Crippen LogP contribution in [-0.4, -0.2) is 68.7 Å². The van der Waals surface area contributed by atoms with Crippen molar-refractivity contribution in [3.05, 3.63) is 65.2 Å². The lowest BCUT2D eigenvalue weighted by Gasteiger charge is -2.34. The highest BCUT2D eigenvalue weighted by atomic mass is 32.2. The lowest BCUT2D eigenvalue weighted by atomic mass is 9.95. The van der Waals surface area contributed by atoms with Crippen LogP contribution in [0.1, 0.15) is 55.7 Å². The second kappa shape index (κ2) is 13.2. The molecule has 1 aliphatic carbocycles. The Labute approximate surface area is 228 Å². The van der Waals surface area contributed by atoms with Gasteiger partial charge in [-0.15, -0.1) is 0 Å². The van der Waals surface area contributed by atoms with E-state index in [4.69, 9.17) is 0 Å². The quantitative estimate of drug-likeness (QED) is 0.467. The summed E-state index contributed by atoms with van der Waals surface area (Å²) in [6.07, 6.45) is 5.79. The van der Waals surface area contributed by atoms with E-state index in [0.717, 1.165) is 51.0 Å². The van der Waals surface area contributed by atoms with Gasteiger partial charge in [0.1, 0.15) is 12.6 Å². The predicted molar refractivity (Wildman–Crippen MR) is 152 cm³/mol.